The van der Waals surface area contributed by atoms with Crippen molar-refractivity contribution < 1.29 is 19.4 Å². The fraction of sp³-hybridized carbons (Fsp3) is 0.946. The maximum Gasteiger partial charge on any atom is 0.306 e. The number of hydrogen-bond acceptors (Lipinski definition) is 3. The van der Waals surface area contributed by atoms with Crippen molar-refractivity contribution in [2.24, 2.45) is 0 Å². The van der Waals surface area contributed by atoms with Crippen LogP contribution in [0.15, 0.2) is 0 Å². The molecule has 0 aliphatic heterocycles. The van der Waals surface area contributed by atoms with Gasteiger partial charge in [-0.15, -0.1) is 0 Å². The summed E-state index contributed by atoms with van der Waals surface area (Å²) in [5.74, 6) is -0.670. The Morgan fingerprint density at radius 2 is 0.756 bits per heavy atom. The molecule has 0 radical (unpaired) electrons. The molecule has 0 bridgehead atoms. The summed E-state index contributed by atoms with van der Waals surface area (Å²) >= 11 is 0. The predicted octanol–water partition coefficient (Wildman–Crippen LogP) is 12.5. The average molecular weight is 581 g/mol. The third-order valence-corrected chi connectivity index (χ3v) is 8.57. The van der Waals surface area contributed by atoms with Crippen LogP contribution in [0.5, 0.6) is 0 Å². The first-order chi connectivity index (χ1) is 20.1. The summed E-state index contributed by atoms with van der Waals surface area (Å²) in [4.78, 5) is 22.6. The Morgan fingerprint density at radius 1 is 0.463 bits per heavy atom. The highest BCUT2D eigenvalue weighted by Crippen LogP contribution is 2.16. The number of carboxylic acid groups (broad SMARTS) is 1. The summed E-state index contributed by atoms with van der Waals surface area (Å²) in [5, 5.41) is 8.64. The van der Waals surface area contributed by atoms with E-state index in [4.69, 9.17) is 9.84 Å². The first-order valence-electron chi connectivity index (χ1n) is 18.5. The molecule has 0 aliphatic rings. The third kappa shape index (κ3) is 35.0. The van der Waals surface area contributed by atoms with Crippen molar-refractivity contribution in [3.63, 3.8) is 0 Å². The Balaban J connectivity index is 3.27. The average Bonchev–Trinajstić information content (AvgIpc) is 2.94. The summed E-state index contributed by atoms with van der Waals surface area (Å²) in [6.45, 7) is 4.34. The van der Waals surface area contributed by atoms with Crippen molar-refractivity contribution >= 4 is 11.9 Å². The van der Waals surface area contributed by atoms with E-state index in [1.165, 1.54) is 154 Å². The van der Waals surface area contributed by atoms with Gasteiger partial charge in [0.15, 0.2) is 0 Å². The van der Waals surface area contributed by atoms with Crippen molar-refractivity contribution in [3.05, 3.63) is 0 Å². The lowest BCUT2D eigenvalue weighted by Gasteiger charge is -2.13. The fourth-order valence-corrected chi connectivity index (χ4v) is 5.81. The Bertz CT molecular complexity index is 547. The number of esters is 1. The number of rotatable bonds is 34. The van der Waals surface area contributed by atoms with Crippen LogP contribution < -0.4 is 0 Å². The molecule has 1 atom stereocenters. The molecule has 0 aromatic heterocycles. The van der Waals surface area contributed by atoms with Crippen LogP contribution in [-0.2, 0) is 14.3 Å². The fourth-order valence-electron chi connectivity index (χ4n) is 5.81. The van der Waals surface area contributed by atoms with Gasteiger partial charge in [0.1, 0.15) is 0 Å². The van der Waals surface area contributed by atoms with Gasteiger partial charge in [0.2, 0.25) is 0 Å². The highest BCUT2D eigenvalue weighted by molar-refractivity contribution is 5.69. The molecule has 0 saturated carbocycles. The number of hydrogen-bond donors (Lipinski definition) is 1. The molecule has 0 aliphatic carbocycles. The molecule has 0 fully saturated rings. The summed E-state index contributed by atoms with van der Waals surface area (Å²) in [5.41, 5.74) is 0. The van der Waals surface area contributed by atoms with Gasteiger partial charge in [0.25, 0.3) is 0 Å². The van der Waals surface area contributed by atoms with E-state index in [2.05, 4.69) is 6.92 Å². The lowest BCUT2D eigenvalue weighted by Crippen LogP contribution is -2.14. The van der Waals surface area contributed by atoms with E-state index in [0.717, 1.165) is 38.5 Å². The molecule has 0 aromatic rings. The zero-order chi connectivity index (χ0) is 30.1. The van der Waals surface area contributed by atoms with Gasteiger partial charge in [-0.1, -0.05) is 174 Å². The van der Waals surface area contributed by atoms with Gasteiger partial charge in [-0.05, 0) is 32.6 Å². The number of carbonyl (C=O) groups is 2. The van der Waals surface area contributed by atoms with Crippen LogP contribution in [0.2, 0.25) is 0 Å². The Kier molecular flexibility index (Phi) is 32.6. The van der Waals surface area contributed by atoms with Crippen LogP contribution in [0, 0.1) is 0 Å². The minimum atomic E-state index is -0.670. The smallest absolute Gasteiger partial charge is 0.306 e. The zero-order valence-electron chi connectivity index (χ0n) is 27.9. The van der Waals surface area contributed by atoms with Crippen molar-refractivity contribution in [2.45, 2.75) is 225 Å². The van der Waals surface area contributed by atoms with Crippen LogP contribution in [0.1, 0.15) is 219 Å². The molecule has 0 saturated heterocycles. The Hall–Kier alpha value is -1.06. The lowest BCUT2D eigenvalue weighted by atomic mass is 10.0. The van der Waals surface area contributed by atoms with E-state index < -0.39 is 5.97 Å². The Labute approximate surface area is 256 Å². The highest BCUT2D eigenvalue weighted by Gasteiger charge is 2.09. The van der Waals surface area contributed by atoms with Crippen LogP contribution in [0.25, 0.3) is 0 Å². The molecule has 0 rings (SSSR count). The largest absolute Gasteiger partial charge is 0.481 e. The van der Waals surface area contributed by atoms with E-state index in [9.17, 15) is 9.59 Å². The summed E-state index contributed by atoms with van der Waals surface area (Å²) in [7, 11) is 0. The van der Waals surface area contributed by atoms with Gasteiger partial charge in [0.05, 0.1) is 6.10 Å². The molecule has 1 unspecified atom stereocenters. The van der Waals surface area contributed by atoms with Gasteiger partial charge >= 0.3 is 11.9 Å². The van der Waals surface area contributed by atoms with Crippen molar-refractivity contribution in [1.29, 1.82) is 0 Å². The van der Waals surface area contributed by atoms with E-state index >= 15 is 0 Å². The van der Waals surface area contributed by atoms with Crippen LogP contribution >= 0.6 is 0 Å². The normalized spacial score (nSPS) is 12.0. The standard InChI is InChI=1S/C37H72O4/c1-3-4-5-6-7-8-9-10-11-12-13-14-19-22-25-28-31-34-37(40)41-35(2)32-29-26-23-20-17-15-16-18-21-24-27-30-33-36(38)39/h35H,3-34H2,1-2H3,(H,38,39). The number of aliphatic carboxylic acids is 1. The maximum atomic E-state index is 12.1. The Morgan fingerprint density at radius 3 is 1.10 bits per heavy atom. The van der Waals surface area contributed by atoms with E-state index in [1.54, 1.807) is 0 Å². The SMILES string of the molecule is CCCCCCCCCCCCCCCCCCCC(=O)OC(C)CCCCCCCCCCCCCCC(=O)O. The number of unbranched alkanes of at least 4 members (excludes halogenated alkanes) is 27. The summed E-state index contributed by atoms with van der Waals surface area (Å²) in [6.07, 6.45) is 39.6. The topological polar surface area (TPSA) is 63.6 Å². The van der Waals surface area contributed by atoms with Crippen LogP contribution in [0.4, 0.5) is 0 Å². The van der Waals surface area contributed by atoms with Crippen molar-refractivity contribution in [3.8, 4) is 0 Å². The van der Waals surface area contributed by atoms with E-state index in [-0.39, 0.29) is 12.1 Å². The molecule has 4 nitrogen and oxygen atoms in total. The van der Waals surface area contributed by atoms with E-state index in [1.807, 2.05) is 6.92 Å². The molecular weight excluding hydrogens is 508 g/mol. The van der Waals surface area contributed by atoms with Gasteiger partial charge in [-0.25, -0.2) is 0 Å². The zero-order valence-corrected chi connectivity index (χ0v) is 27.9. The number of carbonyl (C=O) groups excluding carboxylic acids is 1. The molecular formula is C37H72O4. The predicted molar refractivity (Wildman–Crippen MR) is 177 cm³/mol. The molecule has 0 aromatic carbocycles. The molecule has 1 N–H and O–H groups in total. The highest BCUT2D eigenvalue weighted by atomic mass is 16.5. The molecule has 0 heterocycles. The second-order valence-corrected chi connectivity index (χ2v) is 12.9. The quantitative estimate of drug-likeness (QED) is 0.0607. The number of carboxylic acids is 1. The molecule has 0 spiro atoms. The van der Waals surface area contributed by atoms with Crippen molar-refractivity contribution in [1.82, 2.24) is 0 Å². The first-order valence-corrected chi connectivity index (χ1v) is 18.5. The van der Waals surface area contributed by atoms with Crippen LogP contribution in [-0.4, -0.2) is 23.1 Å². The maximum absolute atomic E-state index is 12.1. The van der Waals surface area contributed by atoms with Crippen LogP contribution in [0.3, 0.4) is 0 Å². The molecule has 244 valence electrons. The van der Waals surface area contributed by atoms with Gasteiger partial charge in [0, 0.05) is 12.8 Å². The molecule has 0 amide bonds. The minimum absolute atomic E-state index is 0.000319. The number of ether oxygens (including phenoxy) is 1. The van der Waals surface area contributed by atoms with Gasteiger partial charge in [-0.3, -0.25) is 9.59 Å². The lowest BCUT2D eigenvalue weighted by molar-refractivity contribution is -0.148. The van der Waals surface area contributed by atoms with Crippen molar-refractivity contribution in [2.75, 3.05) is 0 Å². The first kappa shape index (κ1) is 39.9. The second kappa shape index (κ2) is 33.4. The van der Waals surface area contributed by atoms with E-state index in [0.29, 0.717) is 12.8 Å². The second-order valence-electron chi connectivity index (χ2n) is 12.9. The minimum Gasteiger partial charge on any atom is -0.481 e. The van der Waals surface area contributed by atoms with Gasteiger partial charge in [-0.2, -0.15) is 0 Å². The summed E-state index contributed by atoms with van der Waals surface area (Å²) in [6, 6.07) is 0. The summed E-state index contributed by atoms with van der Waals surface area (Å²) < 4.78 is 5.63. The molecule has 4 heteroatoms. The molecule has 41 heavy (non-hydrogen) atoms. The third-order valence-electron chi connectivity index (χ3n) is 8.57. The van der Waals surface area contributed by atoms with Gasteiger partial charge < -0.3 is 9.84 Å². The monoisotopic (exact) mass is 581 g/mol.